The van der Waals surface area contributed by atoms with Gasteiger partial charge in [-0.25, -0.2) is 0 Å². The van der Waals surface area contributed by atoms with E-state index in [-0.39, 0.29) is 12.0 Å². The van der Waals surface area contributed by atoms with Crippen LogP contribution < -0.4 is 0 Å². The number of fused-ring (bicyclic) bond motifs is 1. The lowest BCUT2D eigenvalue weighted by molar-refractivity contribution is 0.0333. The van der Waals surface area contributed by atoms with Crippen molar-refractivity contribution in [3.05, 3.63) is 34.9 Å². The van der Waals surface area contributed by atoms with Gasteiger partial charge < -0.3 is 10.2 Å². The van der Waals surface area contributed by atoms with Gasteiger partial charge in [0.2, 0.25) is 0 Å². The molecule has 4 rings (SSSR count). The van der Waals surface area contributed by atoms with E-state index in [1.54, 1.807) is 11.1 Å². The number of allylic oxidation sites excluding steroid dienone is 5. The van der Waals surface area contributed by atoms with Gasteiger partial charge in [0.15, 0.2) is 0 Å². The van der Waals surface area contributed by atoms with Crippen molar-refractivity contribution in [2.24, 2.45) is 23.2 Å². The van der Waals surface area contributed by atoms with Crippen LogP contribution in [0.25, 0.3) is 0 Å². The molecule has 2 N–H and O–H groups in total. The Balaban J connectivity index is 1.56. The second kappa shape index (κ2) is 6.14. The molecule has 24 heavy (non-hydrogen) atoms. The van der Waals surface area contributed by atoms with Gasteiger partial charge in [-0.05, 0) is 62.2 Å². The Labute approximate surface area is 146 Å². The summed E-state index contributed by atoms with van der Waals surface area (Å²) in [5.41, 5.74) is 4.99. The quantitative estimate of drug-likeness (QED) is 0.731. The van der Waals surface area contributed by atoms with Crippen molar-refractivity contribution in [1.82, 2.24) is 0 Å². The summed E-state index contributed by atoms with van der Waals surface area (Å²) in [6.45, 7) is 4.60. The van der Waals surface area contributed by atoms with Crippen LogP contribution in [0.2, 0.25) is 0 Å². The first kappa shape index (κ1) is 16.6. The van der Waals surface area contributed by atoms with Crippen molar-refractivity contribution >= 4 is 0 Å². The van der Waals surface area contributed by atoms with Crippen molar-refractivity contribution in [2.75, 3.05) is 0 Å². The van der Waals surface area contributed by atoms with Crippen molar-refractivity contribution in [1.29, 1.82) is 0 Å². The fraction of sp³-hybridized carbons (Fsp3) is 0.727. The summed E-state index contributed by atoms with van der Waals surface area (Å²) in [6.07, 6.45) is 15.5. The summed E-state index contributed by atoms with van der Waals surface area (Å²) in [5.74, 6) is 1.75. The average Bonchev–Trinajstić information content (AvgIpc) is 3.31. The second-order valence-electron chi connectivity index (χ2n) is 8.93. The maximum atomic E-state index is 10.1. The molecule has 0 aromatic rings. The fourth-order valence-corrected chi connectivity index (χ4v) is 5.58. The molecule has 132 valence electrons. The summed E-state index contributed by atoms with van der Waals surface area (Å²) in [6, 6.07) is 0. The third-order valence-corrected chi connectivity index (χ3v) is 7.29. The van der Waals surface area contributed by atoms with E-state index >= 15 is 0 Å². The second-order valence-corrected chi connectivity index (χ2v) is 8.93. The lowest BCUT2D eigenvalue weighted by Gasteiger charge is -2.41. The number of rotatable bonds is 2. The molecule has 3 saturated carbocycles. The molecule has 0 aromatic heterocycles. The van der Waals surface area contributed by atoms with E-state index in [0.29, 0.717) is 17.8 Å². The number of aliphatic hydroxyl groups excluding tert-OH is 2. The molecule has 2 heteroatoms. The van der Waals surface area contributed by atoms with Crippen molar-refractivity contribution in [3.63, 3.8) is 0 Å². The minimum absolute atomic E-state index is 0.170. The molecular formula is C22H32O2. The zero-order valence-electron chi connectivity index (χ0n) is 15.2. The van der Waals surface area contributed by atoms with E-state index in [1.165, 1.54) is 44.1 Å². The molecule has 1 unspecified atom stereocenters. The summed E-state index contributed by atoms with van der Waals surface area (Å²) < 4.78 is 0. The monoisotopic (exact) mass is 328 g/mol. The summed E-state index contributed by atoms with van der Waals surface area (Å²) in [5, 5.41) is 20.1. The minimum atomic E-state index is -0.398. The number of hydrogen-bond acceptors (Lipinski definition) is 2. The third-order valence-electron chi connectivity index (χ3n) is 7.29. The molecule has 5 atom stereocenters. The standard InChI is InChI=1S/C22H32O2/c1-14-17(12-18(23)13-21(14)24)8-7-15-4-3-11-22(2)19(15)9-10-20(22)16-5-6-16/h7-8,10,14,16,18-19,21,23-24H,3-6,9,11-13H2,1-2H3/b15-7+,17-8-/t14-,18+,19?,21-,22-/m0/s1. The number of aliphatic hydroxyl groups is 2. The molecular weight excluding hydrogens is 296 g/mol. The van der Waals surface area contributed by atoms with Crippen molar-refractivity contribution in [2.45, 2.75) is 77.4 Å². The van der Waals surface area contributed by atoms with Gasteiger partial charge in [0.1, 0.15) is 0 Å². The lowest BCUT2D eigenvalue weighted by atomic mass is 9.63. The molecule has 0 saturated heterocycles. The fourth-order valence-electron chi connectivity index (χ4n) is 5.58. The Morgan fingerprint density at radius 2 is 1.92 bits per heavy atom. The molecule has 0 radical (unpaired) electrons. The Morgan fingerprint density at radius 3 is 2.67 bits per heavy atom. The third kappa shape index (κ3) is 2.82. The van der Waals surface area contributed by atoms with Crippen LogP contribution >= 0.6 is 0 Å². The van der Waals surface area contributed by atoms with Crippen LogP contribution in [0.15, 0.2) is 34.9 Å². The summed E-state index contributed by atoms with van der Waals surface area (Å²) >= 11 is 0. The first-order valence-corrected chi connectivity index (χ1v) is 9.95. The Bertz CT molecular complexity index is 595. The van der Waals surface area contributed by atoms with Crippen LogP contribution in [-0.2, 0) is 0 Å². The SMILES string of the molecule is C[C@H]1/C(=C\C=C2/CCC[C@]3(C)C(C4CC4)=CCC23)C[C@@H](O)C[C@@H]1O. The molecule has 2 nitrogen and oxygen atoms in total. The highest BCUT2D eigenvalue weighted by atomic mass is 16.3. The highest BCUT2D eigenvalue weighted by Gasteiger charge is 2.48. The minimum Gasteiger partial charge on any atom is -0.393 e. The topological polar surface area (TPSA) is 40.5 Å². The lowest BCUT2D eigenvalue weighted by Crippen LogP contribution is -2.32. The van der Waals surface area contributed by atoms with Gasteiger partial charge in [-0.2, -0.15) is 0 Å². The van der Waals surface area contributed by atoms with Gasteiger partial charge >= 0.3 is 0 Å². The molecule has 0 aromatic carbocycles. The van der Waals surface area contributed by atoms with Crippen LogP contribution in [0, 0.1) is 23.2 Å². The zero-order valence-corrected chi connectivity index (χ0v) is 15.2. The molecule has 0 heterocycles. The maximum Gasteiger partial charge on any atom is 0.0627 e. The molecule has 3 fully saturated rings. The van der Waals surface area contributed by atoms with Crippen molar-refractivity contribution < 1.29 is 10.2 Å². The maximum absolute atomic E-state index is 10.1. The molecule has 4 aliphatic carbocycles. The molecule has 0 spiro atoms. The van der Waals surface area contributed by atoms with Gasteiger partial charge in [0.05, 0.1) is 12.2 Å². The van der Waals surface area contributed by atoms with Gasteiger partial charge in [-0.15, -0.1) is 0 Å². The smallest absolute Gasteiger partial charge is 0.0627 e. The van der Waals surface area contributed by atoms with Gasteiger partial charge in [-0.3, -0.25) is 0 Å². The van der Waals surface area contributed by atoms with Gasteiger partial charge in [-0.1, -0.05) is 48.8 Å². The molecule has 0 aliphatic heterocycles. The number of hydrogen-bond donors (Lipinski definition) is 2. The average molecular weight is 328 g/mol. The summed E-state index contributed by atoms with van der Waals surface area (Å²) in [4.78, 5) is 0. The summed E-state index contributed by atoms with van der Waals surface area (Å²) in [7, 11) is 0. The Hall–Kier alpha value is -0.860. The predicted octanol–water partition coefficient (Wildman–Crippen LogP) is 4.54. The van der Waals surface area contributed by atoms with Crippen LogP contribution in [-0.4, -0.2) is 22.4 Å². The molecule has 0 bridgehead atoms. The van der Waals surface area contributed by atoms with Gasteiger partial charge in [0, 0.05) is 12.3 Å². The molecule has 0 amide bonds. The Kier molecular flexibility index (Phi) is 4.25. The largest absolute Gasteiger partial charge is 0.393 e. The zero-order chi connectivity index (χ0) is 16.9. The van der Waals surface area contributed by atoms with Crippen LogP contribution in [0.1, 0.15) is 65.2 Å². The molecule has 4 aliphatic rings. The van der Waals surface area contributed by atoms with E-state index in [2.05, 4.69) is 32.1 Å². The van der Waals surface area contributed by atoms with E-state index < -0.39 is 6.10 Å². The van der Waals surface area contributed by atoms with Crippen LogP contribution in [0.4, 0.5) is 0 Å². The highest BCUT2D eigenvalue weighted by molar-refractivity contribution is 5.36. The van der Waals surface area contributed by atoms with E-state index in [1.807, 2.05) is 0 Å². The van der Waals surface area contributed by atoms with E-state index in [4.69, 9.17) is 0 Å². The first-order chi connectivity index (χ1) is 11.5. The van der Waals surface area contributed by atoms with Crippen molar-refractivity contribution in [3.8, 4) is 0 Å². The highest BCUT2D eigenvalue weighted by Crippen LogP contribution is 2.60. The first-order valence-electron chi connectivity index (χ1n) is 9.95. The van der Waals surface area contributed by atoms with E-state index in [9.17, 15) is 10.2 Å². The van der Waals surface area contributed by atoms with Gasteiger partial charge in [0.25, 0.3) is 0 Å². The van der Waals surface area contributed by atoms with Crippen LogP contribution in [0.3, 0.4) is 0 Å². The normalized spacial score (nSPS) is 46.2. The van der Waals surface area contributed by atoms with Crippen LogP contribution in [0.5, 0.6) is 0 Å². The predicted molar refractivity (Wildman–Crippen MR) is 97.4 cm³/mol. The van der Waals surface area contributed by atoms with E-state index in [0.717, 1.165) is 12.3 Å². The Morgan fingerprint density at radius 1 is 1.17 bits per heavy atom.